The number of anilines is 1. The number of halogens is 1. The highest BCUT2D eigenvalue weighted by Crippen LogP contribution is 2.15. The third-order valence-electron chi connectivity index (χ3n) is 2.07. The lowest BCUT2D eigenvalue weighted by atomic mass is 10.2. The summed E-state index contributed by atoms with van der Waals surface area (Å²) in [6.45, 7) is 1.65. The number of nitrogens with zero attached hydrogens (tertiary/aromatic N) is 1. The van der Waals surface area contributed by atoms with Crippen LogP contribution in [0, 0.1) is 12.7 Å². The zero-order chi connectivity index (χ0) is 11.5. The second kappa shape index (κ2) is 4.40. The summed E-state index contributed by atoms with van der Waals surface area (Å²) >= 11 is 1.26. The molecule has 1 aromatic carbocycles. The van der Waals surface area contributed by atoms with Crippen molar-refractivity contribution in [3.8, 4) is 0 Å². The Morgan fingerprint density at radius 2 is 2.31 bits per heavy atom. The van der Waals surface area contributed by atoms with Gasteiger partial charge in [-0.15, -0.1) is 11.3 Å². The number of aromatic nitrogens is 1. The molecule has 1 heterocycles. The number of benzene rings is 1. The molecule has 82 valence electrons. The highest BCUT2D eigenvalue weighted by atomic mass is 32.1. The van der Waals surface area contributed by atoms with Gasteiger partial charge < -0.3 is 5.32 Å². The highest BCUT2D eigenvalue weighted by Gasteiger charge is 2.08. The molecule has 1 amide bonds. The Bertz CT molecular complexity index is 511. The molecule has 0 aliphatic carbocycles. The molecule has 16 heavy (non-hydrogen) atoms. The molecule has 3 nitrogen and oxygen atoms in total. The molecule has 0 bridgehead atoms. The van der Waals surface area contributed by atoms with Crippen molar-refractivity contribution >= 4 is 22.9 Å². The number of amides is 1. The first-order valence-electron chi connectivity index (χ1n) is 4.63. The van der Waals surface area contributed by atoms with E-state index in [1.54, 1.807) is 18.5 Å². The summed E-state index contributed by atoms with van der Waals surface area (Å²) in [6, 6.07) is 4.45. The van der Waals surface area contributed by atoms with E-state index < -0.39 is 0 Å². The highest BCUT2D eigenvalue weighted by molar-refractivity contribution is 7.11. The van der Waals surface area contributed by atoms with Crippen LogP contribution in [-0.4, -0.2) is 10.9 Å². The average Bonchev–Trinajstić information content (AvgIpc) is 2.77. The lowest BCUT2D eigenvalue weighted by Gasteiger charge is -2.04. The maximum Gasteiger partial charge on any atom is 0.267 e. The van der Waals surface area contributed by atoms with Crippen molar-refractivity contribution in [2.45, 2.75) is 6.92 Å². The summed E-state index contributed by atoms with van der Waals surface area (Å²) in [5.74, 6) is -0.510. The van der Waals surface area contributed by atoms with Crippen LogP contribution in [0.5, 0.6) is 0 Å². The average molecular weight is 236 g/mol. The van der Waals surface area contributed by atoms with Gasteiger partial charge in [0.1, 0.15) is 10.7 Å². The monoisotopic (exact) mass is 236 g/mol. The number of hydrogen-bond donors (Lipinski definition) is 1. The number of thiazole rings is 1. The summed E-state index contributed by atoms with van der Waals surface area (Å²) in [4.78, 5) is 16.0. The van der Waals surface area contributed by atoms with Gasteiger partial charge in [-0.2, -0.15) is 0 Å². The number of carbonyl (C=O) groups is 1. The van der Waals surface area contributed by atoms with E-state index in [2.05, 4.69) is 10.3 Å². The molecule has 0 fully saturated rings. The van der Waals surface area contributed by atoms with Crippen LogP contribution in [0.25, 0.3) is 0 Å². The summed E-state index contributed by atoms with van der Waals surface area (Å²) in [5, 5.41) is 2.68. The molecule has 1 aromatic heterocycles. The molecule has 5 heteroatoms. The lowest BCUT2D eigenvalue weighted by Crippen LogP contribution is -2.10. The zero-order valence-corrected chi connectivity index (χ0v) is 9.34. The smallest absolute Gasteiger partial charge is 0.267 e. The first-order valence-corrected chi connectivity index (χ1v) is 5.51. The van der Waals surface area contributed by atoms with Gasteiger partial charge >= 0.3 is 0 Å². The van der Waals surface area contributed by atoms with E-state index in [0.29, 0.717) is 16.1 Å². The quantitative estimate of drug-likeness (QED) is 0.871. The van der Waals surface area contributed by atoms with E-state index in [9.17, 15) is 9.18 Å². The molecule has 0 unspecified atom stereocenters. The second-order valence-corrected chi connectivity index (χ2v) is 4.17. The SMILES string of the molecule is Cc1cc(NC(=O)c2cncs2)ccc1F. The topological polar surface area (TPSA) is 42.0 Å². The lowest BCUT2D eigenvalue weighted by molar-refractivity contribution is 0.103. The fraction of sp³-hybridized carbons (Fsp3) is 0.0909. The fourth-order valence-electron chi connectivity index (χ4n) is 1.24. The van der Waals surface area contributed by atoms with E-state index in [-0.39, 0.29) is 11.7 Å². The van der Waals surface area contributed by atoms with Gasteiger partial charge in [0.05, 0.1) is 11.7 Å². The predicted molar refractivity (Wildman–Crippen MR) is 61.2 cm³/mol. The van der Waals surface area contributed by atoms with Gasteiger partial charge in [0.25, 0.3) is 5.91 Å². The summed E-state index contributed by atoms with van der Waals surface area (Å²) in [6.07, 6.45) is 1.50. The molecule has 2 rings (SSSR count). The molecule has 2 aromatic rings. The van der Waals surface area contributed by atoms with Crippen molar-refractivity contribution in [1.82, 2.24) is 4.98 Å². The fourth-order valence-corrected chi connectivity index (χ4v) is 1.76. The third kappa shape index (κ3) is 2.25. The molecule has 0 radical (unpaired) electrons. The van der Waals surface area contributed by atoms with Crippen LogP contribution in [0.15, 0.2) is 29.9 Å². The Balaban J connectivity index is 2.15. The summed E-state index contributed by atoms with van der Waals surface area (Å²) in [5.41, 5.74) is 2.67. The standard InChI is InChI=1S/C11H9FN2OS/c1-7-4-8(2-3-9(7)12)14-11(15)10-5-13-6-16-10/h2-6H,1H3,(H,14,15). The number of rotatable bonds is 2. The van der Waals surface area contributed by atoms with Crippen molar-refractivity contribution in [3.63, 3.8) is 0 Å². The molecule has 1 N–H and O–H groups in total. The van der Waals surface area contributed by atoms with Crippen LogP contribution in [0.4, 0.5) is 10.1 Å². The van der Waals surface area contributed by atoms with Crippen molar-refractivity contribution in [2.24, 2.45) is 0 Å². The molecule has 0 aliphatic heterocycles. The van der Waals surface area contributed by atoms with Crippen LogP contribution >= 0.6 is 11.3 Å². The van der Waals surface area contributed by atoms with E-state index >= 15 is 0 Å². The molecule has 0 saturated carbocycles. The summed E-state index contributed by atoms with van der Waals surface area (Å²) in [7, 11) is 0. The number of nitrogens with one attached hydrogen (secondary N) is 1. The van der Waals surface area contributed by atoms with Gasteiger partial charge in [0, 0.05) is 5.69 Å². The molecular weight excluding hydrogens is 227 g/mol. The zero-order valence-electron chi connectivity index (χ0n) is 8.53. The normalized spacial score (nSPS) is 10.1. The van der Waals surface area contributed by atoms with Crippen molar-refractivity contribution in [1.29, 1.82) is 0 Å². The Labute approximate surface area is 96.0 Å². The van der Waals surface area contributed by atoms with Gasteiger partial charge in [-0.25, -0.2) is 4.39 Å². The molecular formula is C11H9FN2OS. The van der Waals surface area contributed by atoms with Crippen molar-refractivity contribution in [3.05, 3.63) is 46.2 Å². The number of carbonyl (C=O) groups excluding carboxylic acids is 1. The third-order valence-corrected chi connectivity index (χ3v) is 2.84. The van der Waals surface area contributed by atoms with E-state index in [1.165, 1.54) is 29.7 Å². The molecule has 0 atom stereocenters. The first-order chi connectivity index (χ1) is 7.66. The molecule has 0 aliphatic rings. The largest absolute Gasteiger partial charge is 0.321 e. The minimum absolute atomic E-state index is 0.228. The number of aryl methyl sites for hydroxylation is 1. The first kappa shape index (κ1) is 10.8. The Morgan fingerprint density at radius 1 is 1.50 bits per heavy atom. The van der Waals surface area contributed by atoms with Crippen molar-refractivity contribution < 1.29 is 9.18 Å². The van der Waals surface area contributed by atoms with Crippen LogP contribution in [-0.2, 0) is 0 Å². The summed E-state index contributed by atoms with van der Waals surface area (Å²) < 4.78 is 13.0. The predicted octanol–water partition coefficient (Wildman–Crippen LogP) is 2.84. The van der Waals surface area contributed by atoms with Gasteiger partial charge in [-0.3, -0.25) is 9.78 Å². The van der Waals surface area contributed by atoms with Gasteiger partial charge in [-0.1, -0.05) is 0 Å². The maximum atomic E-state index is 13.0. The van der Waals surface area contributed by atoms with Gasteiger partial charge in [0.2, 0.25) is 0 Å². The molecule has 0 saturated heterocycles. The van der Waals surface area contributed by atoms with Crippen LogP contribution in [0.1, 0.15) is 15.2 Å². The van der Waals surface area contributed by atoms with Crippen LogP contribution in [0.3, 0.4) is 0 Å². The van der Waals surface area contributed by atoms with Gasteiger partial charge in [-0.05, 0) is 30.7 Å². The van der Waals surface area contributed by atoms with E-state index in [1.807, 2.05) is 0 Å². The van der Waals surface area contributed by atoms with Crippen LogP contribution < -0.4 is 5.32 Å². The minimum atomic E-state index is -0.282. The maximum absolute atomic E-state index is 13.0. The van der Waals surface area contributed by atoms with E-state index in [4.69, 9.17) is 0 Å². The minimum Gasteiger partial charge on any atom is -0.321 e. The second-order valence-electron chi connectivity index (χ2n) is 3.28. The van der Waals surface area contributed by atoms with Crippen molar-refractivity contribution in [2.75, 3.05) is 5.32 Å². The Hall–Kier alpha value is -1.75. The Morgan fingerprint density at radius 3 is 2.94 bits per heavy atom. The number of hydrogen-bond acceptors (Lipinski definition) is 3. The molecule has 0 spiro atoms. The van der Waals surface area contributed by atoms with Crippen LogP contribution in [0.2, 0.25) is 0 Å². The Kier molecular flexibility index (Phi) is 2.96. The van der Waals surface area contributed by atoms with Gasteiger partial charge in [0.15, 0.2) is 0 Å². The van der Waals surface area contributed by atoms with E-state index in [0.717, 1.165) is 0 Å².